The summed E-state index contributed by atoms with van der Waals surface area (Å²) in [7, 11) is 0. The van der Waals surface area contributed by atoms with E-state index in [-0.39, 0.29) is 0 Å². The Bertz CT molecular complexity index is 939. The zero-order chi connectivity index (χ0) is 17.3. The van der Waals surface area contributed by atoms with Gasteiger partial charge in [0.25, 0.3) is 0 Å². The number of aromatic amines is 1. The highest BCUT2D eigenvalue weighted by Gasteiger charge is 2.44. The van der Waals surface area contributed by atoms with E-state index in [1.54, 1.807) is 30.4 Å². The molecule has 25 heavy (non-hydrogen) atoms. The van der Waals surface area contributed by atoms with Crippen molar-refractivity contribution < 1.29 is 0 Å². The van der Waals surface area contributed by atoms with Crippen LogP contribution in [0, 0.1) is 11.3 Å². The molecule has 4 rings (SSSR count). The Hall–Kier alpha value is -2.63. The van der Waals surface area contributed by atoms with Crippen LogP contribution in [0.15, 0.2) is 36.8 Å². The molecule has 0 radical (unpaired) electrons. The number of anilines is 1. The van der Waals surface area contributed by atoms with E-state index < -0.39 is 5.54 Å². The van der Waals surface area contributed by atoms with Crippen LogP contribution < -0.4 is 5.32 Å². The van der Waals surface area contributed by atoms with Gasteiger partial charge in [-0.15, -0.1) is 0 Å². The van der Waals surface area contributed by atoms with Crippen molar-refractivity contribution in [3.05, 3.63) is 36.8 Å². The van der Waals surface area contributed by atoms with Crippen LogP contribution in [0.3, 0.4) is 0 Å². The van der Waals surface area contributed by atoms with E-state index in [2.05, 4.69) is 42.6 Å². The molecule has 0 unspecified atom stereocenters. The summed E-state index contributed by atoms with van der Waals surface area (Å²) < 4.78 is 2.19. The Labute approximate surface area is 149 Å². The summed E-state index contributed by atoms with van der Waals surface area (Å²) in [4.78, 5) is 16.4. The zero-order valence-electron chi connectivity index (χ0n) is 13.7. The van der Waals surface area contributed by atoms with Gasteiger partial charge in [-0.05, 0) is 18.2 Å². The molecule has 8 heteroatoms. The molecule has 0 aromatic carbocycles. The number of nitrogens with zero attached hydrogens (tertiary/aromatic N) is 5. The molecule has 0 spiro atoms. The van der Waals surface area contributed by atoms with E-state index in [0.29, 0.717) is 24.7 Å². The first-order chi connectivity index (χ1) is 12.2. The topological polar surface area (TPSA) is 93.5 Å². The quantitative estimate of drug-likeness (QED) is 0.683. The predicted molar refractivity (Wildman–Crippen MR) is 98.8 cm³/mol. The van der Waals surface area contributed by atoms with E-state index in [1.165, 1.54) is 0 Å². The van der Waals surface area contributed by atoms with Crippen LogP contribution in [-0.4, -0.2) is 48.6 Å². The number of fused-ring (bicyclic) bond motifs is 1. The maximum atomic E-state index is 9.58. The minimum absolute atomic E-state index is 0.588. The lowest BCUT2D eigenvalue weighted by molar-refractivity contribution is 0.248. The maximum absolute atomic E-state index is 9.58. The molecule has 4 heterocycles. The number of H-pyrrole nitrogens is 1. The molecule has 0 aliphatic carbocycles. The third-order valence-corrected chi connectivity index (χ3v) is 5.02. The molecule has 126 valence electrons. The molecule has 3 aromatic rings. The summed E-state index contributed by atoms with van der Waals surface area (Å²) in [6.07, 6.45) is 5.30. The Morgan fingerprint density at radius 3 is 2.96 bits per heavy atom. The zero-order valence-corrected chi connectivity index (χ0v) is 14.5. The molecule has 0 atom stereocenters. The second kappa shape index (κ2) is 6.35. The number of rotatable bonds is 5. The molecule has 2 N–H and O–H groups in total. The normalized spacial score (nSPS) is 16.3. The first-order valence-corrected chi connectivity index (χ1v) is 9.00. The smallest absolute Gasteiger partial charge is 0.162 e. The van der Waals surface area contributed by atoms with Crippen molar-refractivity contribution in [1.29, 1.82) is 5.26 Å². The highest BCUT2D eigenvalue weighted by atomic mass is 32.2. The predicted octanol–water partition coefficient (Wildman–Crippen LogP) is 2.68. The highest BCUT2D eigenvalue weighted by molar-refractivity contribution is 7.97. The van der Waals surface area contributed by atoms with E-state index in [4.69, 9.17) is 0 Å². The summed E-state index contributed by atoms with van der Waals surface area (Å²) in [5.41, 5.74) is 1.13. The molecular weight excluding hydrogens is 334 g/mol. The molecule has 0 saturated carbocycles. The minimum atomic E-state index is -0.588. The molecule has 3 aromatic heterocycles. The fourth-order valence-corrected chi connectivity index (χ4v) is 3.95. The van der Waals surface area contributed by atoms with Crippen molar-refractivity contribution in [2.45, 2.75) is 12.5 Å². The van der Waals surface area contributed by atoms with Crippen molar-refractivity contribution >= 4 is 28.8 Å². The van der Waals surface area contributed by atoms with E-state index in [1.807, 2.05) is 18.3 Å². The monoisotopic (exact) mass is 351 g/mol. The number of hydrogen-bond donors (Lipinski definition) is 2. The van der Waals surface area contributed by atoms with Gasteiger partial charge in [0.2, 0.25) is 0 Å². The van der Waals surface area contributed by atoms with Gasteiger partial charge in [0.15, 0.2) is 11.4 Å². The van der Waals surface area contributed by atoms with Crippen LogP contribution in [0.25, 0.3) is 22.4 Å². The van der Waals surface area contributed by atoms with Gasteiger partial charge in [0.1, 0.15) is 11.5 Å². The van der Waals surface area contributed by atoms with Crippen LogP contribution in [0.2, 0.25) is 0 Å². The molecule has 0 bridgehead atoms. The van der Waals surface area contributed by atoms with Crippen LogP contribution in [0.5, 0.6) is 0 Å². The van der Waals surface area contributed by atoms with Crippen molar-refractivity contribution in [1.82, 2.24) is 24.2 Å². The summed E-state index contributed by atoms with van der Waals surface area (Å²) in [6, 6.07) is 8.06. The molecule has 1 aliphatic rings. The van der Waals surface area contributed by atoms with Gasteiger partial charge in [-0.25, -0.2) is 19.3 Å². The standard InChI is InChI=1S/C17H17N7S/c1-2-25-24-10-17(9-18,11-24)23-14-5-8-21-16(22-14)13-4-7-20-15-12(13)3-6-19-15/h3-8H,2,10-11H2,1H3,(H,19,20)(H,21,22,23). The highest BCUT2D eigenvalue weighted by Crippen LogP contribution is 2.31. The van der Waals surface area contributed by atoms with Gasteiger partial charge in [0.05, 0.1) is 6.07 Å². The number of hydrogen-bond acceptors (Lipinski definition) is 7. The van der Waals surface area contributed by atoms with Crippen LogP contribution >= 0.6 is 11.9 Å². The second-order valence-electron chi connectivity index (χ2n) is 5.90. The third-order valence-electron chi connectivity index (χ3n) is 4.14. The molecule has 1 aliphatic heterocycles. The molecule has 7 nitrogen and oxygen atoms in total. The number of nitriles is 1. The Balaban J connectivity index is 1.60. The van der Waals surface area contributed by atoms with Crippen LogP contribution in [0.4, 0.5) is 5.82 Å². The average Bonchev–Trinajstić information content (AvgIpc) is 3.08. The number of pyridine rings is 1. The summed E-state index contributed by atoms with van der Waals surface area (Å²) in [5.74, 6) is 2.28. The van der Waals surface area contributed by atoms with Gasteiger partial charge in [-0.2, -0.15) is 5.26 Å². The van der Waals surface area contributed by atoms with Crippen molar-refractivity contribution in [3.63, 3.8) is 0 Å². The first-order valence-electron chi connectivity index (χ1n) is 8.06. The Kier molecular flexibility index (Phi) is 4.03. The van der Waals surface area contributed by atoms with E-state index in [9.17, 15) is 5.26 Å². The third kappa shape index (κ3) is 2.92. The van der Waals surface area contributed by atoms with E-state index in [0.717, 1.165) is 22.3 Å². The fraction of sp³-hybridized carbons (Fsp3) is 0.294. The van der Waals surface area contributed by atoms with Crippen molar-refractivity contribution in [3.8, 4) is 17.5 Å². The second-order valence-corrected chi connectivity index (χ2v) is 7.25. The lowest BCUT2D eigenvalue weighted by Crippen LogP contribution is -2.62. The van der Waals surface area contributed by atoms with Gasteiger partial charge >= 0.3 is 0 Å². The largest absolute Gasteiger partial charge is 0.350 e. The lowest BCUT2D eigenvalue weighted by Gasteiger charge is -2.44. The first kappa shape index (κ1) is 15.9. The maximum Gasteiger partial charge on any atom is 0.162 e. The van der Waals surface area contributed by atoms with Crippen LogP contribution in [-0.2, 0) is 0 Å². The van der Waals surface area contributed by atoms with Gasteiger partial charge in [0, 0.05) is 48.4 Å². The number of aromatic nitrogens is 4. The SMILES string of the molecule is CCSN1CC(C#N)(Nc2ccnc(-c3ccnc4[nH]ccc34)n2)C1. The van der Waals surface area contributed by atoms with Gasteiger partial charge < -0.3 is 10.3 Å². The molecule has 1 fully saturated rings. The van der Waals surface area contributed by atoms with Gasteiger partial charge in [-0.1, -0.05) is 18.9 Å². The number of nitrogens with one attached hydrogen (secondary N) is 2. The van der Waals surface area contributed by atoms with Crippen LogP contribution in [0.1, 0.15) is 6.92 Å². The Morgan fingerprint density at radius 2 is 2.16 bits per heavy atom. The molecular formula is C17H17N7S. The molecule has 1 saturated heterocycles. The van der Waals surface area contributed by atoms with E-state index >= 15 is 0 Å². The fourth-order valence-electron chi connectivity index (χ4n) is 2.97. The molecule has 0 amide bonds. The average molecular weight is 351 g/mol. The van der Waals surface area contributed by atoms with Crippen molar-refractivity contribution in [2.75, 3.05) is 24.2 Å². The minimum Gasteiger partial charge on any atom is -0.350 e. The van der Waals surface area contributed by atoms with Gasteiger partial charge in [-0.3, -0.25) is 0 Å². The summed E-state index contributed by atoms with van der Waals surface area (Å²) in [5, 5.41) is 13.8. The Morgan fingerprint density at radius 1 is 1.32 bits per heavy atom. The van der Waals surface area contributed by atoms with Crippen molar-refractivity contribution in [2.24, 2.45) is 0 Å². The summed E-state index contributed by atoms with van der Waals surface area (Å²) >= 11 is 1.75. The summed E-state index contributed by atoms with van der Waals surface area (Å²) in [6.45, 7) is 3.47. The lowest BCUT2D eigenvalue weighted by atomic mass is 9.94.